The van der Waals surface area contributed by atoms with Crippen molar-refractivity contribution in [3.8, 4) is 0 Å². The standard InChI is InChI=1S/C24H23N3O4S2/c28-23(29)16-3-1-2-15(11-16)22-21-14-5-4-13(10-14)20(21)18-12-17(6-7-19(18)26-22)33(30,31)27-24-25-8-9-32-24/h1-3,6-9,11-14,20-22,26H,4-5,10H2,(H,25,27)(H,28,29). The van der Waals surface area contributed by atoms with Gasteiger partial charge in [0.25, 0.3) is 10.0 Å². The number of aromatic carboxylic acids is 1. The fourth-order valence-corrected chi connectivity index (χ4v) is 8.10. The summed E-state index contributed by atoms with van der Waals surface area (Å²) in [5.74, 6) is 0.711. The Hall–Kier alpha value is -2.91. The summed E-state index contributed by atoms with van der Waals surface area (Å²) in [4.78, 5) is 15.8. The van der Waals surface area contributed by atoms with Crippen molar-refractivity contribution in [1.29, 1.82) is 0 Å². The van der Waals surface area contributed by atoms with Gasteiger partial charge < -0.3 is 10.4 Å². The molecule has 2 bridgehead atoms. The molecule has 1 aromatic heterocycles. The van der Waals surface area contributed by atoms with Crippen LogP contribution in [0.25, 0.3) is 0 Å². The van der Waals surface area contributed by atoms with E-state index in [1.54, 1.807) is 35.8 Å². The molecule has 2 heterocycles. The predicted molar refractivity (Wildman–Crippen MR) is 126 cm³/mol. The van der Waals surface area contributed by atoms with Crippen LogP contribution in [0.5, 0.6) is 0 Å². The average Bonchev–Trinajstić information content (AvgIpc) is 3.56. The molecular weight excluding hydrogens is 458 g/mol. The molecule has 1 aliphatic heterocycles. The van der Waals surface area contributed by atoms with Crippen LogP contribution in [0, 0.1) is 17.8 Å². The van der Waals surface area contributed by atoms with Crippen molar-refractivity contribution in [3.63, 3.8) is 0 Å². The number of sulfonamides is 1. The third kappa shape index (κ3) is 3.41. The molecule has 3 N–H and O–H groups in total. The zero-order valence-electron chi connectivity index (χ0n) is 17.6. The number of carboxylic acid groups (broad SMARTS) is 1. The Labute approximate surface area is 195 Å². The summed E-state index contributed by atoms with van der Waals surface area (Å²) in [5, 5.41) is 15.2. The van der Waals surface area contributed by atoms with E-state index < -0.39 is 16.0 Å². The molecule has 7 nitrogen and oxygen atoms in total. The molecule has 0 spiro atoms. The van der Waals surface area contributed by atoms with Crippen LogP contribution in [-0.2, 0) is 10.0 Å². The van der Waals surface area contributed by atoms with Gasteiger partial charge in [-0.05, 0) is 84.4 Å². The Kier molecular flexibility index (Phi) is 4.74. The van der Waals surface area contributed by atoms with E-state index in [2.05, 4.69) is 15.0 Å². The summed E-state index contributed by atoms with van der Waals surface area (Å²) < 4.78 is 28.6. The van der Waals surface area contributed by atoms with Crippen molar-refractivity contribution in [2.45, 2.75) is 36.1 Å². The molecule has 3 aromatic rings. The minimum Gasteiger partial charge on any atom is -0.478 e. The van der Waals surface area contributed by atoms with Crippen molar-refractivity contribution in [2.75, 3.05) is 10.0 Å². The SMILES string of the molecule is O=C(O)c1cccc(C2Nc3ccc(S(=O)(=O)Nc4nccs4)cc3C3C4CCC(C4)C23)c1. The molecule has 2 fully saturated rings. The second kappa shape index (κ2) is 7.56. The Morgan fingerprint density at radius 1 is 1.15 bits per heavy atom. The van der Waals surface area contributed by atoms with E-state index in [-0.39, 0.29) is 22.4 Å². The number of nitrogens with zero attached hydrogens (tertiary/aromatic N) is 1. The van der Waals surface area contributed by atoms with Crippen LogP contribution in [0.4, 0.5) is 10.8 Å². The summed E-state index contributed by atoms with van der Waals surface area (Å²) in [5.41, 5.74) is 3.25. The van der Waals surface area contributed by atoms with E-state index in [9.17, 15) is 18.3 Å². The van der Waals surface area contributed by atoms with Gasteiger partial charge in [0.1, 0.15) is 0 Å². The number of fused-ring (bicyclic) bond motifs is 7. The molecule has 5 atom stereocenters. The van der Waals surface area contributed by atoms with E-state index >= 15 is 0 Å². The van der Waals surface area contributed by atoms with Gasteiger partial charge in [0.05, 0.1) is 16.5 Å². The lowest BCUT2D eigenvalue weighted by Gasteiger charge is -2.43. The topological polar surface area (TPSA) is 108 Å². The van der Waals surface area contributed by atoms with Crippen LogP contribution in [-0.4, -0.2) is 24.5 Å². The fraction of sp³-hybridized carbons (Fsp3) is 0.333. The average molecular weight is 482 g/mol. The van der Waals surface area contributed by atoms with Gasteiger partial charge in [-0.2, -0.15) is 0 Å². The number of aromatic nitrogens is 1. The predicted octanol–water partition coefficient (Wildman–Crippen LogP) is 4.94. The zero-order chi connectivity index (χ0) is 22.7. The Morgan fingerprint density at radius 3 is 2.79 bits per heavy atom. The third-order valence-corrected chi connectivity index (χ3v) is 9.67. The Morgan fingerprint density at radius 2 is 2.00 bits per heavy atom. The summed E-state index contributed by atoms with van der Waals surface area (Å²) >= 11 is 1.24. The van der Waals surface area contributed by atoms with Crippen LogP contribution in [0.2, 0.25) is 0 Å². The first-order valence-corrected chi connectivity index (χ1v) is 13.4. The quantitative estimate of drug-likeness (QED) is 0.476. The molecule has 3 aliphatic rings. The van der Waals surface area contributed by atoms with Gasteiger partial charge in [0.2, 0.25) is 0 Å². The molecule has 2 aliphatic carbocycles. The highest BCUT2D eigenvalue weighted by molar-refractivity contribution is 7.93. The van der Waals surface area contributed by atoms with E-state index in [1.165, 1.54) is 17.8 Å². The number of anilines is 2. The van der Waals surface area contributed by atoms with E-state index in [0.717, 1.165) is 29.7 Å². The summed E-state index contributed by atoms with van der Waals surface area (Å²) in [6, 6.07) is 12.5. The maximum absolute atomic E-state index is 13.0. The maximum atomic E-state index is 13.0. The molecule has 0 amide bonds. The molecular formula is C24H23N3O4S2. The maximum Gasteiger partial charge on any atom is 0.335 e. The number of nitrogens with one attached hydrogen (secondary N) is 2. The third-order valence-electron chi connectivity index (χ3n) is 7.52. The number of rotatable bonds is 5. The van der Waals surface area contributed by atoms with E-state index in [0.29, 0.717) is 22.9 Å². The molecule has 33 heavy (non-hydrogen) atoms. The summed E-state index contributed by atoms with van der Waals surface area (Å²) in [6.07, 6.45) is 5.03. The van der Waals surface area contributed by atoms with Gasteiger partial charge in [0.15, 0.2) is 5.13 Å². The normalized spacial score (nSPS) is 27.5. The number of carboxylic acids is 1. The van der Waals surface area contributed by atoms with Crippen molar-refractivity contribution in [1.82, 2.24) is 4.98 Å². The lowest BCUT2D eigenvalue weighted by molar-refractivity contribution is 0.0696. The molecule has 5 unspecified atom stereocenters. The van der Waals surface area contributed by atoms with Gasteiger partial charge in [-0.1, -0.05) is 12.1 Å². The fourth-order valence-electron chi connectivity index (χ4n) is 6.27. The first kappa shape index (κ1) is 20.7. The highest BCUT2D eigenvalue weighted by Crippen LogP contribution is 2.63. The van der Waals surface area contributed by atoms with Gasteiger partial charge in [0, 0.05) is 17.3 Å². The smallest absolute Gasteiger partial charge is 0.335 e. The Balaban J connectivity index is 1.41. The first-order chi connectivity index (χ1) is 15.9. The second-order valence-electron chi connectivity index (χ2n) is 9.18. The number of thiazole rings is 1. The number of benzene rings is 2. The number of hydrogen-bond acceptors (Lipinski definition) is 6. The van der Waals surface area contributed by atoms with Crippen LogP contribution >= 0.6 is 11.3 Å². The van der Waals surface area contributed by atoms with E-state index in [1.807, 2.05) is 18.2 Å². The van der Waals surface area contributed by atoms with Crippen molar-refractivity contribution in [3.05, 3.63) is 70.7 Å². The van der Waals surface area contributed by atoms with Crippen LogP contribution in [0.3, 0.4) is 0 Å². The molecule has 2 aromatic carbocycles. The highest BCUT2D eigenvalue weighted by atomic mass is 32.2. The first-order valence-electron chi connectivity index (χ1n) is 11.1. The van der Waals surface area contributed by atoms with Crippen molar-refractivity contribution >= 4 is 38.1 Å². The minimum atomic E-state index is -3.73. The molecule has 2 saturated carbocycles. The largest absolute Gasteiger partial charge is 0.478 e. The van der Waals surface area contributed by atoms with Crippen LogP contribution < -0.4 is 10.0 Å². The molecule has 0 radical (unpaired) electrons. The van der Waals surface area contributed by atoms with Crippen LogP contribution in [0.1, 0.15) is 52.7 Å². The number of carbonyl (C=O) groups is 1. The van der Waals surface area contributed by atoms with Crippen LogP contribution in [0.15, 0.2) is 58.9 Å². The van der Waals surface area contributed by atoms with Gasteiger partial charge in [-0.15, -0.1) is 11.3 Å². The lowest BCUT2D eigenvalue weighted by Crippen LogP contribution is -2.35. The zero-order valence-corrected chi connectivity index (χ0v) is 19.3. The van der Waals surface area contributed by atoms with Gasteiger partial charge in [-0.3, -0.25) is 4.72 Å². The van der Waals surface area contributed by atoms with Crippen molar-refractivity contribution < 1.29 is 18.3 Å². The second-order valence-corrected chi connectivity index (χ2v) is 11.8. The van der Waals surface area contributed by atoms with Gasteiger partial charge in [-0.25, -0.2) is 18.2 Å². The van der Waals surface area contributed by atoms with Gasteiger partial charge >= 0.3 is 5.97 Å². The number of hydrogen-bond donors (Lipinski definition) is 3. The minimum absolute atomic E-state index is 0.00741. The lowest BCUT2D eigenvalue weighted by atomic mass is 9.68. The molecule has 6 rings (SSSR count). The van der Waals surface area contributed by atoms with Crippen molar-refractivity contribution in [2.24, 2.45) is 17.8 Å². The monoisotopic (exact) mass is 481 g/mol. The summed E-state index contributed by atoms with van der Waals surface area (Å²) in [6.45, 7) is 0. The van der Waals surface area contributed by atoms with E-state index in [4.69, 9.17) is 0 Å². The molecule has 9 heteroatoms. The Bertz CT molecular complexity index is 1340. The summed E-state index contributed by atoms with van der Waals surface area (Å²) in [7, 11) is -3.73. The highest BCUT2D eigenvalue weighted by Gasteiger charge is 2.54. The molecule has 170 valence electrons. The molecule has 0 saturated heterocycles.